The summed E-state index contributed by atoms with van der Waals surface area (Å²) in [5, 5.41) is 8.02. The first-order valence-corrected chi connectivity index (χ1v) is 7.74. The van der Waals surface area contributed by atoms with Gasteiger partial charge in [0.05, 0.1) is 0 Å². The molecule has 0 unspecified atom stereocenters. The van der Waals surface area contributed by atoms with Gasteiger partial charge in [-0.1, -0.05) is 0 Å². The zero-order valence-corrected chi connectivity index (χ0v) is 11.5. The van der Waals surface area contributed by atoms with Gasteiger partial charge in [-0.2, -0.15) is 0 Å². The van der Waals surface area contributed by atoms with Crippen LogP contribution in [-0.2, 0) is 19.1 Å². The first-order chi connectivity index (χ1) is 7.88. The minimum atomic E-state index is -1.05. The summed E-state index contributed by atoms with van der Waals surface area (Å²) in [6.07, 6.45) is -1.22. The van der Waals surface area contributed by atoms with Crippen LogP contribution >= 0.6 is 8.93 Å². The number of carbonyl (C=O) groups excluding carboxylic acids is 2. The summed E-state index contributed by atoms with van der Waals surface area (Å²) < 4.78 is 11.7. The third kappa shape index (κ3) is 6.28. The van der Waals surface area contributed by atoms with Crippen molar-refractivity contribution in [3.63, 3.8) is 0 Å². The molecule has 0 bridgehead atoms. The van der Waals surface area contributed by atoms with Gasteiger partial charge in [-0.05, 0) is 0 Å². The zero-order chi connectivity index (χ0) is 13.4. The van der Waals surface area contributed by atoms with Crippen molar-refractivity contribution in [2.75, 3.05) is 0 Å². The maximum absolute atomic E-state index is 11.3. The minimum absolute atomic E-state index is 0.0341. The van der Waals surface area contributed by atoms with Gasteiger partial charge in [0.25, 0.3) is 0 Å². The van der Waals surface area contributed by atoms with E-state index in [9.17, 15) is 14.4 Å². The molecule has 0 aliphatic carbocycles. The molecule has 0 amide bonds. The van der Waals surface area contributed by atoms with E-state index in [0.717, 1.165) is 8.93 Å². The van der Waals surface area contributed by atoms with Gasteiger partial charge >= 0.3 is 109 Å². The average Bonchev–Trinajstić information content (AvgIpc) is 2.25. The quantitative estimate of drug-likeness (QED) is 0.358. The number of ether oxygens (including phenoxy) is 1. The van der Waals surface area contributed by atoms with Crippen molar-refractivity contribution in [3.05, 3.63) is 0 Å². The standard InChI is InChI=1S/C8H13INO5S/c1-4(8(14)16-9)15-7(13)5(10)2-3-6(11)12/h4-5,9H,2-3,10H2,1H3,(H,11,12)/q-1/t4-,5-/m0/s1/i9T. The van der Waals surface area contributed by atoms with Gasteiger partial charge in [0.2, 0.25) is 0 Å². The summed E-state index contributed by atoms with van der Waals surface area (Å²) in [4.78, 5) is 32.8. The second kappa shape index (κ2) is 7.85. The summed E-state index contributed by atoms with van der Waals surface area (Å²) in [5.74, 6) is -1.84. The molecular weight excluding hydrogens is 349 g/mol. The van der Waals surface area contributed by atoms with E-state index in [4.69, 9.17) is 16.2 Å². The van der Waals surface area contributed by atoms with Crippen molar-refractivity contribution < 1.29 is 45.2 Å². The molecule has 0 fully saturated rings. The topological polar surface area (TPSA) is 107 Å². The first-order valence-electron chi connectivity index (χ1n) is 4.76. The van der Waals surface area contributed by atoms with Crippen LogP contribution in [-0.4, -0.2) is 34.9 Å². The first kappa shape index (κ1) is 13.7. The molecule has 0 aromatic heterocycles. The van der Waals surface area contributed by atoms with Crippen molar-refractivity contribution in [3.8, 4) is 0 Å². The Balaban J connectivity index is 4.06. The molecule has 0 heterocycles. The monoisotopic (exact) mass is 364 g/mol. The zero-order valence-electron chi connectivity index (χ0n) is 9.51. The maximum atomic E-state index is 11.3. The van der Waals surface area contributed by atoms with Crippen LogP contribution in [0.25, 0.3) is 0 Å². The number of nitrogens with two attached hydrogens (primary N) is 1. The Morgan fingerprint density at radius 1 is 1.62 bits per heavy atom. The van der Waals surface area contributed by atoms with Crippen molar-refractivity contribution in [1.82, 2.24) is 0 Å². The molecule has 8 heteroatoms. The Labute approximate surface area is 109 Å². The van der Waals surface area contributed by atoms with Crippen LogP contribution in [0.5, 0.6) is 0 Å². The number of carbonyl (C=O) groups is 3. The van der Waals surface area contributed by atoms with Crippen LogP contribution in [0.15, 0.2) is 0 Å². The Hall–Kier alpha value is -0.350. The van der Waals surface area contributed by atoms with Gasteiger partial charge in [-0.25, -0.2) is 0 Å². The van der Waals surface area contributed by atoms with Crippen molar-refractivity contribution in [2.45, 2.75) is 31.9 Å². The summed E-state index contributed by atoms with van der Waals surface area (Å²) in [6, 6.07) is -1.04. The van der Waals surface area contributed by atoms with E-state index in [-0.39, 0.29) is 18.0 Å². The van der Waals surface area contributed by atoms with E-state index in [1.807, 2.05) is 0 Å². The Bertz CT molecular complexity index is 304. The predicted octanol–water partition coefficient (Wildman–Crippen LogP) is -3.43. The number of aliphatic carboxylic acids is 1. The van der Waals surface area contributed by atoms with Crippen LogP contribution in [0.4, 0.5) is 0 Å². The number of hydrogen-bond acceptors (Lipinski definition) is 6. The van der Waals surface area contributed by atoms with Crippen LogP contribution in [0.3, 0.4) is 0 Å². The van der Waals surface area contributed by atoms with Crippen molar-refractivity contribution in [2.24, 2.45) is 5.73 Å². The Morgan fingerprint density at radius 2 is 2.25 bits per heavy atom. The molecule has 0 aliphatic rings. The molecule has 6 nitrogen and oxygen atoms in total. The molecule has 0 rings (SSSR count). The van der Waals surface area contributed by atoms with Gasteiger partial charge in [0.1, 0.15) is 0 Å². The molecular formula is C8H13INO5S-. The molecule has 0 aromatic carbocycles. The van der Waals surface area contributed by atoms with Gasteiger partial charge < -0.3 is 0 Å². The van der Waals surface area contributed by atoms with E-state index >= 15 is 0 Å². The number of carboxylic acid groups (broad SMARTS) is 1. The number of esters is 1. The fourth-order valence-corrected chi connectivity index (χ4v) is 2.02. The molecule has 16 heavy (non-hydrogen) atoms. The van der Waals surface area contributed by atoms with E-state index in [2.05, 4.69) is 0 Å². The van der Waals surface area contributed by atoms with Crippen LogP contribution in [0, 0.1) is 0 Å². The summed E-state index contributed by atoms with van der Waals surface area (Å²) in [6.45, 7) is 1.40. The van der Waals surface area contributed by atoms with Gasteiger partial charge in [0, 0.05) is 0 Å². The average molecular weight is 364 g/mol. The molecule has 0 spiro atoms. The van der Waals surface area contributed by atoms with Crippen LogP contribution in [0.2, 0.25) is 0 Å². The molecule has 3 N–H and O–H groups in total. The van der Waals surface area contributed by atoms with Crippen LogP contribution in [0.1, 0.15) is 19.8 Å². The third-order valence-electron chi connectivity index (χ3n) is 1.67. The third-order valence-corrected chi connectivity index (χ3v) is 3.46. The number of halogens is 1. The normalized spacial score (nSPS) is 15.0. The summed E-state index contributed by atoms with van der Waals surface area (Å²) in [7, 11) is 0.837. The molecule has 0 saturated heterocycles. The molecule has 0 aromatic rings. The summed E-state index contributed by atoms with van der Waals surface area (Å²) in [5.41, 5.74) is 5.40. The molecule has 0 aliphatic heterocycles. The van der Waals surface area contributed by atoms with Gasteiger partial charge in [0.15, 0.2) is 0 Å². The summed E-state index contributed by atoms with van der Waals surface area (Å²) >= 11 is -1.01. The number of carboxylic acids is 1. The molecule has 0 saturated carbocycles. The fourth-order valence-electron chi connectivity index (χ4n) is 0.769. The second-order valence-electron chi connectivity index (χ2n) is 3.01. The fraction of sp³-hybridized carbons (Fsp3) is 0.625. The molecule has 94 valence electrons. The van der Waals surface area contributed by atoms with Gasteiger partial charge in [-0.3, -0.25) is 0 Å². The SMILES string of the molecule is [3H][I-]SC(=O)[C@H](C)OC(=O)[C@@H](N)CCC(=O)O. The van der Waals surface area contributed by atoms with Crippen LogP contribution < -0.4 is 26.7 Å². The molecule has 2 atom stereocenters. The van der Waals surface area contributed by atoms with E-state index in [1.165, 1.54) is 6.92 Å². The molecule has 0 radical (unpaired) electrons. The van der Waals surface area contributed by atoms with Gasteiger partial charge in [-0.15, -0.1) is 0 Å². The van der Waals surface area contributed by atoms with Crippen molar-refractivity contribution >= 4 is 26.0 Å². The number of hydrogen-bond donors (Lipinski definition) is 2. The predicted molar refractivity (Wildman–Crippen MR) is 54.4 cm³/mol. The second-order valence-corrected chi connectivity index (χ2v) is 4.89. The Kier molecular flexibility index (Phi) is 6.73. The van der Waals surface area contributed by atoms with E-state index in [0.29, 0.717) is 0 Å². The van der Waals surface area contributed by atoms with E-state index in [1.54, 1.807) is 0 Å². The number of rotatable bonds is 7. The Morgan fingerprint density at radius 3 is 2.75 bits per heavy atom. The van der Waals surface area contributed by atoms with E-state index < -0.39 is 45.1 Å². The van der Waals surface area contributed by atoms with Crippen molar-refractivity contribution in [1.29, 1.82) is 0.594 Å².